The molecular weight excluding hydrogens is 464 g/mol. The zero-order valence-electron chi connectivity index (χ0n) is 21.7. The predicted octanol–water partition coefficient (Wildman–Crippen LogP) is 2.26. The van der Waals surface area contributed by atoms with Crippen molar-refractivity contribution >= 4 is 28.0 Å². The topological polar surface area (TPSA) is 163 Å². The van der Waals surface area contributed by atoms with Crippen molar-refractivity contribution in [2.45, 2.75) is 98.9 Å². The van der Waals surface area contributed by atoms with E-state index in [0.717, 1.165) is 0 Å². The molecule has 3 amide bonds. The molecule has 11 nitrogen and oxygen atoms in total. The monoisotopic (exact) mass is 506 g/mol. The number of hydrogen-bond donors (Lipinski definition) is 5. The summed E-state index contributed by atoms with van der Waals surface area (Å²) in [5.74, 6) is -1.15. The minimum atomic E-state index is -4.38. The fraction of sp³-hybridized carbons (Fsp3) is 0.773. The largest absolute Gasteiger partial charge is 0.443 e. The Morgan fingerprint density at radius 3 is 1.97 bits per heavy atom. The molecule has 0 saturated carbocycles. The van der Waals surface area contributed by atoms with Crippen LogP contribution >= 0.6 is 0 Å². The Bertz CT molecular complexity index is 833. The first kappa shape index (κ1) is 31.8. The van der Waals surface area contributed by atoms with E-state index in [4.69, 9.17) is 4.74 Å². The Balaban J connectivity index is 5.28. The van der Waals surface area contributed by atoms with Crippen molar-refractivity contribution in [2.75, 3.05) is 0 Å². The molecule has 3 atom stereocenters. The zero-order chi connectivity index (χ0) is 26.9. The Kier molecular flexibility index (Phi) is 12.8. The highest BCUT2D eigenvalue weighted by molar-refractivity contribution is 7.89. The predicted molar refractivity (Wildman–Crippen MR) is 130 cm³/mol. The fourth-order valence-electron chi connectivity index (χ4n) is 2.94. The lowest BCUT2D eigenvalue weighted by Crippen LogP contribution is -2.58. The molecule has 0 aliphatic carbocycles. The maximum Gasteiger partial charge on any atom is 0.422 e. The van der Waals surface area contributed by atoms with Crippen LogP contribution in [0.25, 0.3) is 0 Å². The quantitative estimate of drug-likeness (QED) is 0.199. The molecule has 0 bridgehead atoms. The van der Waals surface area contributed by atoms with Crippen molar-refractivity contribution in [3.05, 3.63) is 11.0 Å². The first-order valence-corrected chi connectivity index (χ1v) is 12.8. The highest BCUT2D eigenvalue weighted by atomic mass is 32.2. The molecule has 0 aliphatic heterocycles. The SMILES string of the molecule is CCC(=C[C@H](CC(C)C)NC(=O)[C@H](C)NC(=O)[C@@H](NNC(=O)OC(C)(C)C)C(C)C)S(=O)(=O)O. The molecule has 0 aromatic heterocycles. The maximum atomic E-state index is 12.7. The number of amides is 3. The molecule has 12 heteroatoms. The molecule has 198 valence electrons. The molecular formula is C22H42N4O7S. The van der Waals surface area contributed by atoms with Gasteiger partial charge in [0, 0.05) is 6.04 Å². The molecule has 0 spiro atoms. The van der Waals surface area contributed by atoms with E-state index in [1.54, 1.807) is 41.5 Å². The standard InChI is InChI=1S/C22H42N4O7S/c1-10-17(34(30,31)32)12-16(11-13(2)3)24-19(27)15(6)23-20(28)18(14(4)5)25-26-21(29)33-22(7,8)9/h12-16,18,25H,10-11H2,1-9H3,(H,23,28)(H,24,27)(H,26,29)(H,30,31,32)/t15-,16-,18-/m0/s1. The smallest absolute Gasteiger partial charge is 0.422 e. The van der Waals surface area contributed by atoms with Gasteiger partial charge in [-0.15, -0.1) is 0 Å². The summed E-state index contributed by atoms with van der Waals surface area (Å²) in [4.78, 5) is 37.2. The van der Waals surface area contributed by atoms with Gasteiger partial charge in [-0.05, 0) is 58.4 Å². The first-order valence-electron chi connectivity index (χ1n) is 11.4. The van der Waals surface area contributed by atoms with Crippen LogP contribution in [0.5, 0.6) is 0 Å². The lowest BCUT2D eigenvalue weighted by Gasteiger charge is -2.26. The second kappa shape index (κ2) is 13.6. The van der Waals surface area contributed by atoms with E-state index in [-0.39, 0.29) is 23.2 Å². The molecule has 0 radical (unpaired) electrons. The summed E-state index contributed by atoms with van der Waals surface area (Å²) in [5.41, 5.74) is 4.26. The molecule has 0 heterocycles. The number of nitrogens with one attached hydrogen (secondary N) is 4. The van der Waals surface area contributed by atoms with Crippen LogP contribution in [-0.2, 0) is 24.4 Å². The van der Waals surface area contributed by atoms with E-state index < -0.39 is 51.8 Å². The minimum Gasteiger partial charge on any atom is -0.443 e. The summed E-state index contributed by atoms with van der Waals surface area (Å²) in [6, 6.07) is -2.45. The van der Waals surface area contributed by atoms with Gasteiger partial charge in [0.1, 0.15) is 17.7 Å². The van der Waals surface area contributed by atoms with Gasteiger partial charge in [0.2, 0.25) is 11.8 Å². The van der Waals surface area contributed by atoms with E-state index in [9.17, 15) is 27.4 Å². The molecule has 0 aromatic rings. The van der Waals surface area contributed by atoms with Gasteiger partial charge in [-0.1, -0.05) is 34.6 Å². The van der Waals surface area contributed by atoms with Crippen molar-refractivity contribution in [1.82, 2.24) is 21.5 Å². The first-order chi connectivity index (χ1) is 15.4. The van der Waals surface area contributed by atoms with Crippen molar-refractivity contribution in [2.24, 2.45) is 11.8 Å². The van der Waals surface area contributed by atoms with Crippen LogP contribution in [0, 0.1) is 11.8 Å². The van der Waals surface area contributed by atoms with E-state index >= 15 is 0 Å². The maximum absolute atomic E-state index is 12.7. The number of ether oxygens (including phenoxy) is 1. The Labute approximate surface area is 203 Å². The molecule has 5 N–H and O–H groups in total. The Hall–Kier alpha value is -2.18. The third kappa shape index (κ3) is 12.9. The lowest BCUT2D eigenvalue weighted by atomic mass is 10.0. The normalized spacial score (nSPS) is 15.5. The third-order valence-electron chi connectivity index (χ3n) is 4.55. The van der Waals surface area contributed by atoms with E-state index in [0.29, 0.717) is 6.42 Å². The van der Waals surface area contributed by atoms with E-state index in [1.807, 2.05) is 13.8 Å². The molecule has 34 heavy (non-hydrogen) atoms. The van der Waals surface area contributed by atoms with Gasteiger partial charge in [0.25, 0.3) is 10.1 Å². The molecule has 0 unspecified atom stereocenters. The van der Waals surface area contributed by atoms with Crippen molar-refractivity contribution in [3.63, 3.8) is 0 Å². The van der Waals surface area contributed by atoms with Crippen molar-refractivity contribution in [1.29, 1.82) is 0 Å². The molecule has 0 aliphatic rings. The second-order valence-corrected chi connectivity index (χ2v) is 11.4. The molecule has 0 rings (SSSR count). The van der Waals surface area contributed by atoms with Crippen LogP contribution in [0.15, 0.2) is 11.0 Å². The van der Waals surface area contributed by atoms with Gasteiger partial charge >= 0.3 is 6.09 Å². The number of carbonyl (C=O) groups is 3. The summed E-state index contributed by atoms with van der Waals surface area (Å²) >= 11 is 0. The molecule has 0 fully saturated rings. The Morgan fingerprint density at radius 2 is 1.56 bits per heavy atom. The van der Waals surface area contributed by atoms with Crippen molar-refractivity contribution in [3.8, 4) is 0 Å². The minimum absolute atomic E-state index is 0.0714. The van der Waals surface area contributed by atoms with Crippen LogP contribution in [0.4, 0.5) is 4.79 Å². The molecule has 0 saturated heterocycles. The van der Waals surface area contributed by atoms with Crippen LogP contribution < -0.4 is 21.5 Å². The second-order valence-electron chi connectivity index (χ2n) is 9.93. The number of hydrogen-bond acceptors (Lipinski definition) is 7. The number of allylic oxidation sites excluding steroid dienone is 1. The average molecular weight is 507 g/mol. The van der Waals surface area contributed by atoms with Crippen LogP contribution in [0.1, 0.15) is 75.2 Å². The van der Waals surface area contributed by atoms with Gasteiger partial charge < -0.3 is 15.4 Å². The van der Waals surface area contributed by atoms with Crippen LogP contribution in [-0.4, -0.2) is 54.6 Å². The summed E-state index contributed by atoms with van der Waals surface area (Å²) in [6.45, 7) is 15.6. The molecule has 0 aromatic carbocycles. The van der Waals surface area contributed by atoms with E-state index in [1.165, 1.54) is 13.0 Å². The highest BCUT2D eigenvalue weighted by Crippen LogP contribution is 2.14. The number of rotatable bonds is 12. The number of carbonyl (C=O) groups excluding carboxylic acids is 3. The lowest BCUT2D eigenvalue weighted by molar-refractivity contribution is -0.130. The number of hydrazine groups is 1. The van der Waals surface area contributed by atoms with Gasteiger partial charge in [-0.3, -0.25) is 19.6 Å². The van der Waals surface area contributed by atoms with Crippen molar-refractivity contribution < 1.29 is 32.1 Å². The summed E-state index contributed by atoms with van der Waals surface area (Å²) in [5, 5.41) is 5.31. The Morgan fingerprint density at radius 1 is 1.00 bits per heavy atom. The van der Waals surface area contributed by atoms with Gasteiger partial charge in [-0.2, -0.15) is 8.42 Å². The zero-order valence-corrected chi connectivity index (χ0v) is 22.5. The van der Waals surface area contributed by atoms with E-state index in [2.05, 4.69) is 21.5 Å². The fourth-order valence-corrected chi connectivity index (χ4v) is 3.64. The van der Waals surface area contributed by atoms with Crippen LogP contribution in [0.2, 0.25) is 0 Å². The average Bonchev–Trinajstić information content (AvgIpc) is 2.62. The third-order valence-corrected chi connectivity index (χ3v) is 5.64. The van der Waals surface area contributed by atoms with Gasteiger partial charge in [0.05, 0.1) is 4.91 Å². The van der Waals surface area contributed by atoms with Crippen LogP contribution in [0.3, 0.4) is 0 Å². The van der Waals surface area contributed by atoms with Gasteiger partial charge in [-0.25, -0.2) is 10.2 Å². The summed E-state index contributed by atoms with van der Waals surface area (Å²) < 4.78 is 37.6. The summed E-state index contributed by atoms with van der Waals surface area (Å²) in [7, 11) is -4.38. The highest BCUT2D eigenvalue weighted by Gasteiger charge is 2.27. The van der Waals surface area contributed by atoms with Gasteiger partial charge in [0.15, 0.2) is 0 Å². The summed E-state index contributed by atoms with van der Waals surface area (Å²) in [6.07, 6.45) is 1.08.